The van der Waals surface area contributed by atoms with Crippen LogP contribution in [0.1, 0.15) is 37.5 Å². The average Bonchev–Trinajstić information content (AvgIpc) is 3.06. The maximum Gasteiger partial charge on any atom is 0.264 e. The minimum absolute atomic E-state index is 0.000880. The molecule has 0 spiro atoms. The number of benzene rings is 4. The maximum atomic E-state index is 15.1. The van der Waals surface area contributed by atoms with Crippen LogP contribution in [0.15, 0.2) is 108 Å². The van der Waals surface area contributed by atoms with Crippen molar-refractivity contribution in [3.05, 3.63) is 126 Å². The topological polar surface area (TPSA) is 96.0 Å². The van der Waals surface area contributed by atoms with E-state index in [1.807, 2.05) is 58.0 Å². The van der Waals surface area contributed by atoms with Crippen LogP contribution in [0.25, 0.3) is 0 Å². The first-order chi connectivity index (χ1) is 22.5. The Balaban J connectivity index is 1.80. The lowest BCUT2D eigenvalue weighted by atomic mass is 10.0. The molecule has 4 aromatic rings. The summed E-state index contributed by atoms with van der Waals surface area (Å²) in [5.74, 6) is -0.940. The van der Waals surface area contributed by atoms with Crippen LogP contribution >= 0.6 is 0 Å². The van der Waals surface area contributed by atoms with Crippen molar-refractivity contribution in [3.8, 4) is 5.75 Å². The largest absolute Gasteiger partial charge is 0.494 e. The number of nitrogens with zero attached hydrogens (tertiary/aromatic N) is 2. The average molecular weight is 660 g/mol. The Morgan fingerprint density at radius 3 is 2.13 bits per heavy atom. The predicted octanol–water partition coefficient (Wildman–Crippen LogP) is 6.14. The van der Waals surface area contributed by atoms with E-state index in [4.69, 9.17) is 4.74 Å². The second-order valence-electron chi connectivity index (χ2n) is 11.7. The number of halogens is 1. The molecular weight excluding hydrogens is 617 g/mol. The number of rotatable bonds is 15. The van der Waals surface area contributed by atoms with Gasteiger partial charge >= 0.3 is 0 Å². The van der Waals surface area contributed by atoms with E-state index in [1.165, 1.54) is 23.1 Å². The first kappa shape index (κ1) is 35.2. The van der Waals surface area contributed by atoms with Gasteiger partial charge in [-0.05, 0) is 67.8 Å². The third-order valence-electron chi connectivity index (χ3n) is 7.58. The Bertz CT molecular complexity index is 1730. The van der Waals surface area contributed by atoms with Gasteiger partial charge in [0.25, 0.3) is 10.0 Å². The van der Waals surface area contributed by atoms with Gasteiger partial charge in [-0.2, -0.15) is 0 Å². The van der Waals surface area contributed by atoms with E-state index in [9.17, 15) is 18.0 Å². The lowest BCUT2D eigenvalue weighted by Crippen LogP contribution is -2.53. The fraction of sp³-hybridized carbons (Fsp3) is 0.297. The maximum absolute atomic E-state index is 15.1. The Kier molecular flexibility index (Phi) is 12.1. The monoisotopic (exact) mass is 659 g/mol. The van der Waals surface area contributed by atoms with Crippen molar-refractivity contribution in [2.24, 2.45) is 5.92 Å². The molecule has 2 amide bonds. The first-order valence-corrected chi connectivity index (χ1v) is 17.1. The summed E-state index contributed by atoms with van der Waals surface area (Å²) in [5, 5.41) is 2.93. The molecular formula is C37H42FN3O5S. The zero-order chi connectivity index (χ0) is 34.0. The van der Waals surface area contributed by atoms with E-state index >= 15 is 4.39 Å². The van der Waals surface area contributed by atoms with Crippen LogP contribution in [0.5, 0.6) is 5.75 Å². The van der Waals surface area contributed by atoms with Crippen molar-refractivity contribution < 1.29 is 27.1 Å². The lowest BCUT2D eigenvalue weighted by molar-refractivity contribution is -0.140. The molecule has 0 heterocycles. The molecule has 0 aliphatic carbocycles. The molecule has 0 aliphatic rings. The molecule has 0 radical (unpaired) electrons. The molecule has 0 bridgehead atoms. The number of hydrogen-bond acceptors (Lipinski definition) is 5. The van der Waals surface area contributed by atoms with Crippen LogP contribution < -0.4 is 14.4 Å². The minimum Gasteiger partial charge on any atom is -0.494 e. The number of hydrogen-bond donors (Lipinski definition) is 1. The molecule has 4 aromatic carbocycles. The van der Waals surface area contributed by atoms with E-state index < -0.39 is 40.2 Å². The van der Waals surface area contributed by atoms with E-state index in [0.29, 0.717) is 18.9 Å². The first-order valence-electron chi connectivity index (χ1n) is 15.7. The quantitative estimate of drug-likeness (QED) is 0.166. The molecule has 0 aliphatic heterocycles. The summed E-state index contributed by atoms with van der Waals surface area (Å²) in [5.41, 5.74) is 2.10. The molecule has 0 aromatic heterocycles. The van der Waals surface area contributed by atoms with Gasteiger partial charge in [-0.3, -0.25) is 13.9 Å². The zero-order valence-corrected chi connectivity index (χ0v) is 28.0. The standard InChI is InChI=1S/C37H42FN3O5S/c1-5-46-32-19-17-31(18-20-32)41(47(44,45)33-21-15-28(4)16-22-33)26-36(42)40(25-30-13-9-10-14-34(30)38)35(37(43)39-24-27(2)3)23-29-11-7-6-8-12-29/h6-22,27,35H,5,23-26H2,1-4H3,(H,39,43)/t35-/m1/s1. The van der Waals surface area contributed by atoms with Crippen LogP contribution in [0.4, 0.5) is 10.1 Å². The fourth-order valence-electron chi connectivity index (χ4n) is 5.03. The third-order valence-corrected chi connectivity index (χ3v) is 9.37. The van der Waals surface area contributed by atoms with Gasteiger partial charge in [0, 0.05) is 25.1 Å². The van der Waals surface area contributed by atoms with Gasteiger partial charge < -0.3 is 15.0 Å². The van der Waals surface area contributed by atoms with Gasteiger partial charge in [0.15, 0.2) is 0 Å². The fourth-order valence-corrected chi connectivity index (χ4v) is 6.44. The summed E-state index contributed by atoms with van der Waals surface area (Å²) in [7, 11) is -4.26. The van der Waals surface area contributed by atoms with E-state index in [0.717, 1.165) is 15.4 Å². The second-order valence-corrected chi connectivity index (χ2v) is 13.6. The number of carbonyl (C=O) groups is 2. The smallest absolute Gasteiger partial charge is 0.264 e. The Hall–Kier alpha value is -4.70. The highest BCUT2D eigenvalue weighted by Crippen LogP contribution is 2.27. The van der Waals surface area contributed by atoms with Crippen LogP contribution in [0.3, 0.4) is 0 Å². The van der Waals surface area contributed by atoms with E-state index in [-0.39, 0.29) is 35.0 Å². The SMILES string of the molecule is CCOc1ccc(N(CC(=O)N(Cc2ccccc2F)[C@H](Cc2ccccc2)C(=O)NCC(C)C)S(=O)(=O)c2ccc(C)cc2)cc1. The van der Waals surface area contributed by atoms with Gasteiger partial charge in [-0.1, -0.05) is 80.1 Å². The molecule has 47 heavy (non-hydrogen) atoms. The number of carbonyl (C=O) groups excluding carboxylic acids is 2. The van der Waals surface area contributed by atoms with Crippen molar-refractivity contribution in [3.63, 3.8) is 0 Å². The minimum atomic E-state index is -4.26. The molecule has 8 nitrogen and oxygen atoms in total. The van der Waals surface area contributed by atoms with Gasteiger partial charge in [0.2, 0.25) is 11.8 Å². The molecule has 1 N–H and O–H groups in total. The number of anilines is 1. The van der Waals surface area contributed by atoms with Crippen molar-refractivity contribution >= 4 is 27.5 Å². The number of sulfonamides is 1. The lowest BCUT2D eigenvalue weighted by Gasteiger charge is -2.34. The van der Waals surface area contributed by atoms with Crippen molar-refractivity contribution in [2.45, 2.75) is 51.6 Å². The molecule has 4 rings (SSSR count). The summed E-state index contributed by atoms with van der Waals surface area (Å²) in [6.07, 6.45) is 0.138. The molecule has 0 unspecified atom stereocenters. The molecule has 0 saturated heterocycles. The molecule has 0 saturated carbocycles. The predicted molar refractivity (Wildman–Crippen MR) is 182 cm³/mol. The van der Waals surface area contributed by atoms with Crippen molar-refractivity contribution in [2.75, 3.05) is 24.0 Å². The van der Waals surface area contributed by atoms with Gasteiger partial charge in [-0.15, -0.1) is 0 Å². The molecule has 248 valence electrons. The van der Waals surface area contributed by atoms with Crippen LogP contribution in [0.2, 0.25) is 0 Å². The Labute approximate surface area is 277 Å². The van der Waals surface area contributed by atoms with Crippen LogP contribution in [-0.2, 0) is 32.6 Å². The van der Waals surface area contributed by atoms with E-state index in [1.54, 1.807) is 54.6 Å². The Morgan fingerprint density at radius 2 is 1.51 bits per heavy atom. The normalized spacial score (nSPS) is 12.0. The summed E-state index contributed by atoms with van der Waals surface area (Å²) >= 11 is 0. The third kappa shape index (κ3) is 9.42. The van der Waals surface area contributed by atoms with Gasteiger partial charge in [0.05, 0.1) is 17.2 Å². The Morgan fingerprint density at radius 1 is 0.872 bits per heavy atom. The zero-order valence-electron chi connectivity index (χ0n) is 27.2. The van der Waals surface area contributed by atoms with Crippen molar-refractivity contribution in [1.82, 2.24) is 10.2 Å². The van der Waals surface area contributed by atoms with Crippen LogP contribution in [0, 0.1) is 18.7 Å². The highest BCUT2D eigenvalue weighted by Gasteiger charge is 2.35. The summed E-state index contributed by atoms with van der Waals surface area (Å²) in [6.45, 7) is 7.51. The molecule has 1 atom stereocenters. The second kappa shape index (κ2) is 16.2. The molecule has 10 heteroatoms. The summed E-state index contributed by atoms with van der Waals surface area (Å²) < 4.78 is 50.0. The molecule has 0 fully saturated rings. The number of ether oxygens (including phenoxy) is 1. The number of amides is 2. The van der Waals surface area contributed by atoms with Gasteiger partial charge in [-0.25, -0.2) is 12.8 Å². The number of nitrogens with one attached hydrogen (secondary N) is 1. The van der Waals surface area contributed by atoms with Gasteiger partial charge in [0.1, 0.15) is 24.2 Å². The van der Waals surface area contributed by atoms with Crippen molar-refractivity contribution in [1.29, 1.82) is 0 Å². The van der Waals surface area contributed by atoms with E-state index in [2.05, 4.69) is 5.32 Å². The summed E-state index contributed by atoms with van der Waals surface area (Å²) in [6, 6.07) is 27.0. The highest BCUT2D eigenvalue weighted by molar-refractivity contribution is 7.92. The van der Waals surface area contributed by atoms with Crippen LogP contribution in [-0.4, -0.2) is 50.9 Å². The summed E-state index contributed by atoms with van der Waals surface area (Å²) in [4.78, 5) is 29.6. The highest BCUT2D eigenvalue weighted by atomic mass is 32.2. The number of aryl methyl sites for hydroxylation is 1.